The zero-order chi connectivity index (χ0) is 16.8. The molecule has 1 N–H and O–H groups in total. The number of rotatable bonds is 6. The largest absolute Gasteiger partial charge is 0.381 e. The van der Waals surface area contributed by atoms with E-state index in [4.69, 9.17) is 16.3 Å². The van der Waals surface area contributed by atoms with Gasteiger partial charge in [0.25, 0.3) is 0 Å². The summed E-state index contributed by atoms with van der Waals surface area (Å²) in [6.07, 6.45) is 1.81. The first-order chi connectivity index (χ1) is 11.7. The number of hydrogen-bond acceptors (Lipinski definition) is 3. The first-order valence-corrected chi connectivity index (χ1v) is 9.52. The predicted molar refractivity (Wildman–Crippen MR) is 98.3 cm³/mol. The van der Waals surface area contributed by atoms with E-state index in [-0.39, 0.29) is 11.4 Å². The Morgan fingerprint density at radius 3 is 2.38 bits per heavy atom. The minimum absolute atomic E-state index is 0.119. The van der Waals surface area contributed by atoms with Gasteiger partial charge in [-0.3, -0.25) is 0 Å². The zero-order valence-electron chi connectivity index (χ0n) is 13.4. The van der Waals surface area contributed by atoms with Crippen LogP contribution in [0.3, 0.4) is 0 Å². The Morgan fingerprint density at radius 2 is 1.71 bits per heavy atom. The SMILES string of the molecule is Fc1ccc(C2(NCCSc3ccc(Cl)cc3)CCOCC2)cc1. The van der Waals surface area contributed by atoms with Crippen molar-refractivity contribution in [2.24, 2.45) is 0 Å². The Balaban J connectivity index is 1.60. The van der Waals surface area contributed by atoms with Gasteiger partial charge in [0.2, 0.25) is 0 Å². The Bertz CT molecular complexity index is 641. The van der Waals surface area contributed by atoms with E-state index in [1.54, 1.807) is 11.8 Å². The van der Waals surface area contributed by atoms with Crippen LogP contribution in [0.25, 0.3) is 0 Å². The monoisotopic (exact) mass is 365 g/mol. The van der Waals surface area contributed by atoms with Crippen LogP contribution in [-0.2, 0) is 10.3 Å². The summed E-state index contributed by atoms with van der Waals surface area (Å²) in [5.74, 6) is 0.769. The third-order valence-corrected chi connectivity index (χ3v) is 5.66. The number of thioether (sulfide) groups is 1. The molecule has 1 saturated heterocycles. The van der Waals surface area contributed by atoms with Gasteiger partial charge in [0.15, 0.2) is 0 Å². The highest BCUT2D eigenvalue weighted by atomic mass is 35.5. The molecule has 5 heteroatoms. The summed E-state index contributed by atoms with van der Waals surface area (Å²) in [5.41, 5.74) is 1.02. The maximum Gasteiger partial charge on any atom is 0.123 e. The molecule has 0 spiro atoms. The molecular weight excluding hydrogens is 345 g/mol. The van der Waals surface area contributed by atoms with E-state index in [1.165, 1.54) is 17.0 Å². The smallest absolute Gasteiger partial charge is 0.123 e. The zero-order valence-corrected chi connectivity index (χ0v) is 15.0. The second kappa shape index (κ2) is 8.34. The van der Waals surface area contributed by atoms with Crippen molar-refractivity contribution in [2.75, 3.05) is 25.5 Å². The lowest BCUT2D eigenvalue weighted by atomic mass is 9.82. The molecule has 1 aliphatic rings. The second-order valence-corrected chi connectivity index (χ2v) is 7.54. The van der Waals surface area contributed by atoms with Crippen LogP contribution in [0.4, 0.5) is 4.39 Å². The van der Waals surface area contributed by atoms with Gasteiger partial charge in [-0.05, 0) is 54.8 Å². The van der Waals surface area contributed by atoms with E-state index in [0.717, 1.165) is 48.9 Å². The molecule has 128 valence electrons. The van der Waals surface area contributed by atoms with Gasteiger partial charge < -0.3 is 10.1 Å². The lowest BCUT2D eigenvalue weighted by Crippen LogP contribution is -2.47. The Morgan fingerprint density at radius 1 is 1.04 bits per heavy atom. The van der Waals surface area contributed by atoms with Crippen molar-refractivity contribution in [1.29, 1.82) is 0 Å². The molecule has 1 fully saturated rings. The summed E-state index contributed by atoms with van der Waals surface area (Å²) >= 11 is 7.71. The van der Waals surface area contributed by atoms with Crippen LogP contribution < -0.4 is 5.32 Å². The van der Waals surface area contributed by atoms with E-state index in [9.17, 15) is 4.39 Å². The van der Waals surface area contributed by atoms with Crippen molar-refractivity contribution < 1.29 is 9.13 Å². The fraction of sp³-hybridized carbons (Fsp3) is 0.368. The molecule has 0 bridgehead atoms. The summed E-state index contributed by atoms with van der Waals surface area (Å²) < 4.78 is 18.8. The highest BCUT2D eigenvalue weighted by molar-refractivity contribution is 7.99. The molecule has 0 amide bonds. The van der Waals surface area contributed by atoms with Gasteiger partial charge in [-0.25, -0.2) is 4.39 Å². The van der Waals surface area contributed by atoms with E-state index in [0.29, 0.717) is 0 Å². The lowest BCUT2D eigenvalue weighted by molar-refractivity contribution is 0.0375. The molecule has 0 radical (unpaired) electrons. The molecule has 3 rings (SSSR count). The highest BCUT2D eigenvalue weighted by Crippen LogP contribution is 2.32. The van der Waals surface area contributed by atoms with Crippen molar-refractivity contribution in [3.63, 3.8) is 0 Å². The van der Waals surface area contributed by atoms with Crippen molar-refractivity contribution >= 4 is 23.4 Å². The first-order valence-electron chi connectivity index (χ1n) is 8.15. The molecule has 0 aliphatic carbocycles. The van der Waals surface area contributed by atoms with Crippen LogP contribution in [0.15, 0.2) is 53.4 Å². The maximum atomic E-state index is 13.2. The number of ether oxygens (including phenoxy) is 1. The fourth-order valence-corrected chi connectivity index (χ4v) is 3.94. The third kappa shape index (κ3) is 4.51. The minimum atomic E-state index is -0.195. The summed E-state index contributed by atoms with van der Waals surface area (Å²) in [7, 11) is 0. The van der Waals surface area contributed by atoms with Crippen LogP contribution in [0.5, 0.6) is 0 Å². The Kier molecular flexibility index (Phi) is 6.17. The summed E-state index contributed by atoms with van der Waals surface area (Å²) in [6.45, 7) is 2.34. The Labute approximate surface area is 151 Å². The molecular formula is C19H21ClFNOS. The molecule has 2 aromatic carbocycles. The third-order valence-electron chi connectivity index (χ3n) is 4.39. The van der Waals surface area contributed by atoms with Crippen LogP contribution >= 0.6 is 23.4 Å². The van der Waals surface area contributed by atoms with Crippen LogP contribution in [0.2, 0.25) is 5.02 Å². The van der Waals surface area contributed by atoms with Gasteiger partial charge in [-0.1, -0.05) is 23.7 Å². The first kappa shape index (κ1) is 17.7. The summed E-state index contributed by atoms with van der Waals surface area (Å²) in [5, 5.41) is 4.46. The van der Waals surface area contributed by atoms with Gasteiger partial charge in [0.1, 0.15) is 5.82 Å². The molecule has 2 aromatic rings. The van der Waals surface area contributed by atoms with Crippen molar-refractivity contribution in [2.45, 2.75) is 23.3 Å². The van der Waals surface area contributed by atoms with E-state index >= 15 is 0 Å². The molecule has 0 atom stereocenters. The predicted octanol–water partition coefficient (Wildman–Crippen LogP) is 4.87. The molecule has 0 saturated carbocycles. The minimum Gasteiger partial charge on any atom is -0.381 e. The Hall–Kier alpha value is -1.07. The fourth-order valence-electron chi connectivity index (χ4n) is 3.05. The van der Waals surface area contributed by atoms with Crippen molar-refractivity contribution in [1.82, 2.24) is 5.32 Å². The maximum absolute atomic E-state index is 13.2. The molecule has 0 aromatic heterocycles. The number of halogens is 2. The average Bonchev–Trinajstić information content (AvgIpc) is 2.62. The number of nitrogens with one attached hydrogen (secondary N) is 1. The van der Waals surface area contributed by atoms with E-state index in [1.807, 2.05) is 36.4 Å². The topological polar surface area (TPSA) is 21.3 Å². The van der Waals surface area contributed by atoms with Gasteiger partial charge in [0, 0.05) is 41.0 Å². The normalized spacial score (nSPS) is 16.9. The molecule has 0 unspecified atom stereocenters. The van der Waals surface area contributed by atoms with Crippen molar-refractivity contribution in [3.8, 4) is 0 Å². The number of benzene rings is 2. The molecule has 1 aliphatic heterocycles. The highest BCUT2D eigenvalue weighted by Gasteiger charge is 2.33. The van der Waals surface area contributed by atoms with Gasteiger partial charge in [-0.15, -0.1) is 11.8 Å². The molecule has 24 heavy (non-hydrogen) atoms. The van der Waals surface area contributed by atoms with Gasteiger partial charge in [-0.2, -0.15) is 0 Å². The number of hydrogen-bond donors (Lipinski definition) is 1. The van der Waals surface area contributed by atoms with E-state index in [2.05, 4.69) is 5.32 Å². The van der Waals surface area contributed by atoms with Crippen LogP contribution in [0.1, 0.15) is 18.4 Å². The average molecular weight is 366 g/mol. The van der Waals surface area contributed by atoms with Gasteiger partial charge in [0.05, 0.1) is 0 Å². The summed E-state index contributed by atoms with van der Waals surface area (Å²) in [6, 6.07) is 14.8. The molecule has 1 heterocycles. The lowest BCUT2D eigenvalue weighted by Gasteiger charge is -2.39. The quantitative estimate of drug-likeness (QED) is 0.583. The van der Waals surface area contributed by atoms with Crippen molar-refractivity contribution in [3.05, 3.63) is 64.9 Å². The molecule has 2 nitrogen and oxygen atoms in total. The van der Waals surface area contributed by atoms with Crippen LogP contribution in [-0.4, -0.2) is 25.5 Å². The summed E-state index contributed by atoms with van der Waals surface area (Å²) in [4.78, 5) is 1.21. The van der Waals surface area contributed by atoms with E-state index < -0.39 is 0 Å². The standard InChI is InChI=1S/C19H21ClFNOS/c20-16-3-7-18(8-4-16)24-14-11-22-19(9-12-23-13-10-19)15-1-5-17(21)6-2-15/h1-8,22H,9-14H2. The van der Waals surface area contributed by atoms with Crippen LogP contribution in [0, 0.1) is 5.82 Å². The second-order valence-electron chi connectivity index (χ2n) is 5.93. The van der Waals surface area contributed by atoms with Gasteiger partial charge >= 0.3 is 0 Å².